The maximum atomic E-state index is 13.0. The fourth-order valence-electron chi connectivity index (χ4n) is 3.93. The number of piperazine rings is 1. The fourth-order valence-corrected chi connectivity index (χ4v) is 3.93. The minimum Gasteiger partial charge on any atom is -0.356 e. The molecule has 6 nitrogen and oxygen atoms in total. The minimum absolute atomic E-state index is 0.0314. The third kappa shape index (κ3) is 5.21. The van der Waals surface area contributed by atoms with E-state index < -0.39 is 0 Å². The zero-order valence-electron chi connectivity index (χ0n) is 16.6. The number of carbonyl (C=O) groups is 2. The molecule has 3 rings (SSSR count). The number of pyridine rings is 1. The van der Waals surface area contributed by atoms with Gasteiger partial charge in [-0.1, -0.05) is 19.9 Å². The van der Waals surface area contributed by atoms with E-state index in [4.69, 9.17) is 0 Å². The summed E-state index contributed by atoms with van der Waals surface area (Å²) in [6.45, 7) is 8.63. The van der Waals surface area contributed by atoms with E-state index in [1.54, 1.807) is 6.20 Å². The number of hydrogen-bond donors (Lipinski definition) is 0. The third-order valence-corrected chi connectivity index (χ3v) is 5.62. The lowest BCUT2D eigenvalue weighted by Gasteiger charge is -2.39. The zero-order chi connectivity index (χ0) is 19.2. The molecule has 27 heavy (non-hydrogen) atoms. The van der Waals surface area contributed by atoms with Gasteiger partial charge in [-0.25, -0.2) is 4.98 Å². The van der Waals surface area contributed by atoms with Crippen LogP contribution in [0, 0.1) is 11.8 Å². The first kappa shape index (κ1) is 19.6. The lowest BCUT2D eigenvalue weighted by molar-refractivity contribution is -0.142. The monoisotopic (exact) mass is 372 g/mol. The lowest BCUT2D eigenvalue weighted by Crippen LogP contribution is -2.53. The quantitative estimate of drug-likeness (QED) is 0.796. The van der Waals surface area contributed by atoms with Crippen LogP contribution in [0.25, 0.3) is 0 Å². The van der Waals surface area contributed by atoms with Crippen molar-refractivity contribution in [2.75, 3.05) is 44.2 Å². The summed E-state index contributed by atoms with van der Waals surface area (Å²) in [6, 6.07) is 5.91. The van der Waals surface area contributed by atoms with Crippen molar-refractivity contribution in [1.29, 1.82) is 0 Å². The van der Waals surface area contributed by atoms with Gasteiger partial charge in [0.1, 0.15) is 5.82 Å². The highest BCUT2D eigenvalue weighted by molar-refractivity contribution is 5.81. The van der Waals surface area contributed by atoms with E-state index in [2.05, 4.69) is 23.7 Å². The molecule has 2 amide bonds. The number of hydrogen-bond acceptors (Lipinski definition) is 4. The van der Waals surface area contributed by atoms with Crippen LogP contribution >= 0.6 is 0 Å². The molecule has 2 aliphatic rings. The Morgan fingerprint density at radius 3 is 2.52 bits per heavy atom. The van der Waals surface area contributed by atoms with Crippen LogP contribution in [0.2, 0.25) is 0 Å². The van der Waals surface area contributed by atoms with Crippen molar-refractivity contribution in [3.8, 4) is 0 Å². The normalized spacial score (nSPS) is 20.9. The highest BCUT2D eigenvalue weighted by Gasteiger charge is 2.32. The maximum absolute atomic E-state index is 13.0. The smallest absolute Gasteiger partial charge is 0.227 e. The Bertz CT molecular complexity index is 626. The molecule has 0 saturated carbocycles. The molecule has 0 bridgehead atoms. The standard InChI is InChI=1S/C21H32N4O2/c1-17(2)8-9-20(26)23-12-14-24(15-13-23)21(27)18-6-5-11-25(16-18)19-7-3-4-10-22-19/h3-4,7,10,17-18H,5-6,8-9,11-16H2,1-2H3/t18-/m0/s1. The molecule has 0 unspecified atom stereocenters. The van der Waals surface area contributed by atoms with Crippen molar-refractivity contribution in [3.05, 3.63) is 24.4 Å². The number of amides is 2. The van der Waals surface area contributed by atoms with Gasteiger partial charge in [-0.15, -0.1) is 0 Å². The molecule has 2 saturated heterocycles. The van der Waals surface area contributed by atoms with Gasteiger partial charge in [0.2, 0.25) is 11.8 Å². The second-order valence-electron chi connectivity index (χ2n) is 8.11. The number of anilines is 1. The molecule has 0 aliphatic carbocycles. The molecule has 1 aromatic heterocycles. The number of carbonyl (C=O) groups excluding carboxylic acids is 2. The van der Waals surface area contributed by atoms with Gasteiger partial charge in [0, 0.05) is 51.9 Å². The number of piperidine rings is 1. The molecule has 3 heterocycles. The van der Waals surface area contributed by atoms with Crippen LogP contribution in [0.15, 0.2) is 24.4 Å². The molecule has 0 N–H and O–H groups in total. The Morgan fingerprint density at radius 1 is 1.11 bits per heavy atom. The van der Waals surface area contributed by atoms with Crippen LogP contribution in [0.4, 0.5) is 5.82 Å². The van der Waals surface area contributed by atoms with Crippen molar-refractivity contribution >= 4 is 17.6 Å². The molecule has 148 valence electrons. The van der Waals surface area contributed by atoms with Crippen LogP contribution in [0.5, 0.6) is 0 Å². The van der Waals surface area contributed by atoms with Crippen LogP contribution in [0.3, 0.4) is 0 Å². The molecule has 6 heteroatoms. The second kappa shape index (κ2) is 9.20. The minimum atomic E-state index is 0.0314. The maximum Gasteiger partial charge on any atom is 0.227 e. The van der Waals surface area contributed by atoms with Gasteiger partial charge in [-0.2, -0.15) is 0 Å². The van der Waals surface area contributed by atoms with Crippen molar-refractivity contribution in [2.45, 2.75) is 39.5 Å². The van der Waals surface area contributed by atoms with Gasteiger partial charge >= 0.3 is 0 Å². The van der Waals surface area contributed by atoms with E-state index in [1.807, 2.05) is 28.0 Å². The topological polar surface area (TPSA) is 56.8 Å². The summed E-state index contributed by atoms with van der Waals surface area (Å²) >= 11 is 0. The SMILES string of the molecule is CC(C)CCC(=O)N1CCN(C(=O)[C@H]2CCCN(c3ccccn3)C2)CC1. The number of nitrogens with zero attached hydrogens (tertiary/aromatic N) is 4. The summed E-state index contributed by atoms with van der Waals surface area (Å²) in [7, 11) is 0. The lowest BCUT2D eigenvalue weighted by atomic mass is 9.96. The van der Waals surface area contributed by atoms with E-state index in [0.717, 1.165) is 38.2 Å². The zero-order valence-corrected chi connectivity index (χ0v) is 16.6. The van der Waals surface area contributed by atoms with Crippen LogP contribution in [-0.2, 0) is 9.59 Å². The number of rotatable bonds is 5. The number of aromatic nitrogens is 1. The third-order valence-electron chi connectivity index (χ3n) is 5.62. The van der Waals surface area contributed by atoms with Gasteiger partial charge in [-0.05, 0) is 37.3 Å². The summed E-state index contributed by atoms with van der Waals surface area (Å²) in [6.07, 6.45) is 5.31. The highest BCUT2D eigenvalue weighted by Crippen LogP contribution is 2.23. The van der Waals surface area contributed by atoms with E-state index in [9.17, 15) is 9.59 Å². The Kier molecular flexibility index (Phi) is 6.69. The van der Waals surface area contributed by atoms with Crippen LogP contribution in [0.1, 0.15) is 39.5 Å². The van der Waals surface area contributed by atoms with E-state index in [0.29, 0.717) is 38.5 Å². The van der Waals surface area contributed by atoms with Crippen LogP contribution < -0.4 is 4.90 Å². The second-order valence-corrected chi connectivity index (χ2v) is 8.11. The van der Waals surface area contributed by atoms with Crippen molar-refractivity contribution in [3.63, 3.8) is 0 Å². The first-order chi connectivity index (χ1) is 13.0. The summed E-state index contributed by atoms with van der Waals surface area (Å²) in [4.78, 5) is 35.8. The summed E-state index contributed by atoms with van der Waals surface area (Å²) in [5.41, 5.74) is 0. The molecule has 0 radical (unpaired) electrons. The fraction of sp³-hybridized carbons (Fsp3) is 0.667. The first-order valence-electron chi connectivity index (χ1n) is 10.3. The summed E-state index contributed by atoms with van der Waals surface area (Å²) in [5.74, 6) is 2.00. The van der Waals surface area contributed by atoms with Gasteiger partial charge < -0.3 is 14.7 Å². The van der Waals surface area contributed by atoms with E-state index in [1.165, 1.54) is 0 Å². The Morgan fingerprint density at radius 2 is 1.85 bits per heavy atom. The van der Waals surface area contributed by atoms with Crippen molar-refractivity contribution in [1.82, 2.24) is 14.8 Å². The molecule has 1 atom stereocenters. The first-order valence-corrected chi connectivity index (χ1v) is 10.3. The summed E-state index contributed by atoms with van der Waals surface area (Å²) in [5, 5.41) is 0. The van der Waals surface area contributed by atoms with Crippen LogP contribution in [-0.4, -0.2) is 65.9 Å². The molecular formula is C21H32N4O2. The largest absolute Gasteiger partial charge is 0.356 e. The average Bonchev–Trinajstić information content (AvgIpc) is 2.72. The van der Waals surface area contributed by atoms with Crippen molar-refractivity contribution < 1.29 is 9.59 Å². The molecular weight excluding hydrogens is 340 g/mol. The van der Waals surface area contributed by atoms with Gasteiger partial charge in [-0.3, -0.25) is 9.59 Å². The molecule has 2 fully saturated rings. The predicted octanol–water partition coefficient (Wildman–Crippen LogP) is 2.41. The van der Waals surface area contributed by atoms with Gasteiger partial charge in [0.25, 0.3) is 0 Å². The van der Waals surface area contributed by atoms with E-state index in [-0.39, 0.29) is 17.7 Å². The Balaban J connectivity index is 1.49. The Hall–Kier alpha value is -2.11. The Labute approximate surface area is 162 Å². The highest BCUT2D eigenvalue weighted by atomic mass is 16.2. The average molecular weight is 373 g/mol. The molecule has 1 aromatic rings. The molecule has 2 aliphatic heterocycles. The predicted molar refractivity (Wildman–Crippen MR) is 106 cm³/mol. The molecule has 0 spiro atoms. The van der Waals surface area contributed by atoms with Gasteiger partial charge in [0.05, 0.1) is 5.92 Å². The summed E-state index contributed by atoms with van der Waals surface area (Å²) < 4.78 is 0. The van der Waals surface area contributed by atoms with E-state index >= 15 is 0 Å². The molecule has 0 aromatic carbocycles. The van der Waals surface area contributed by atoms with Crippen molar-refractivity contribution in [2.24, 2.45) is 11.8 Å². The van der Waals surface area contributed by atoms with Gasteiger partial charge in [0.15, 0.2) is 0 Å².